The second-order valence-electron chi connectivity index (χ2n) is 16.7. The number of anilines is 3. The molecule has 1 heterocycles. The molecule has 0 saturated carbocycles. The average molecular weight is 765 g/mol. The van der Waals surface area contributed by atoms with Crippen molar-refractivity contribution in [3.05, 3.63) is 218 Å². The van der Waals surface area contributed by atoms with E-state index < -0.39 is 0 Å². The van der Waals surface area contributed by atoms with Crippen LogP contribution in [0.15, 0.2) is 207 Å². The zero-order valence-electron chi connectivity index (χ0n) is 33.5. The first kappa shape index (κ1) is 34.5. The Morgan fingerprint density at radius 2 is 0.867 bits per heavy atom. The fourth-order valence-electron chi connectivity index (χ4n) is 10.4. The summed E-state index contributed by atoms with van der Waals surface area (Å²) in [5, 5.41) is 5.11. The van der Waals surface area contributed by atoms with E-state index in [1.807, 2.05) is 12.4 Å². The second-order valence-corrected chi connectivity index (χ2v) is 16.7. The summed E-state index contributed by atoms with van der Waals surface area (Å²) in [4.78, 5) is 6.78. The second kappa shape index (κ2) is 13.2. The highest BCUT2D eigenvalue weighted by atomic mass is 15.1. The molecule has 2 aliphatic rings. The van der Waals surface area contributed by atoms with E-state index in [1.165, 1.54) is 99.4 Å². The Kier molecular flexibility index (Phi) is 7.61. The third-order valence-corrected chi connectivity index (χ3v) is 13.1. The maximum absolute atomic E-state index is 4.40. The first-order valence-electron chi connectivity index (χ1n) is 20.9. The summed E-state index contributed by atoms with van der Waals surface area (Å²) in [5.74, 6) is 0. The summed E-state index contributed by atoms with van der Waals surface area (Å²) in [6.07, 6.45) is 3.77. The van der Waals surface area contributed by atoms with Gasteiger partial charge in [-0.1, -0.05) is 172 Å². The molecule has 282 valence electrons. The number of hydrogen-bond acceptors (Lipinski definition) is 2. The number of rotatable bonds is 6. The number of aromatic nitrogens is 1. The molecule has 0 saturated heterocycles. The van der Waals surface area contributed by atoms with Crippen LogP contribution in [-0.4, -0.2) is 4.98 Å². The zero-order valence-corrected chi connectivity index (χ0v) is 33.5. The van der Waals surface area contributed by atoms with Crippen LogP contribution in [0.1, 0.15) is 25.0 Å². The van der Waals surface area contributed by atoms with Gasteiger partial charge >= 0.3 is 0 Å². The van der Waals surface area contributed by atoms with Crippen molar-refractivity contribution in [1.29, 1.82) is 0 Å². The van der Waals surface area contributed by atoms with E-state index in [-0.39, 0.29) is 5.41 Å². The van der Waals surface area contributed by atoms with Gasteiger partial charge in [0.15, 0.2) is 0 Å². The SMILES string of the molecule is CC1(C)c2ccccc2-c2ccc(N(c3ccncc3)c3cccc(-c4ccc5c6c(cccc46)-c4c-5c(-c5ccccc5)c5ccccc5c4-c4ccccc4)c3)cc21. The summed E-state index contributed by atoms with van der Waals surface area (Å²) in [5.41, 5.74) is 21.2. The number of nitrogens with zero attached hydrogens (tertiary/aromatic N) is 2. The number of pyridine rings is 1. The number of hydrogen-bond donors (Lipinski definition) is 0. The van der Waals surface area contributed by atoms with Crippen LogP contribution in [-0.2, 0) is 5.41 Å². The van der Waals surface area contributed by atoms with Gasteiger partial charge in [-0.2, -0.15) is 0 Å². The van der Waals surface area contributed by atoms with E-state index in [1.54, 1.807) is 0 Å². The van der Waals surface area contributed by atoms with Gasteiger partial charge in [0.25, 0.3) is 0 Å². The Morgan fingerprint density at radius 1 is 0.350 bits per heavy atom. The largest absolute Gasteiger partial charge is 0.310 e. The van der Waals surface area contributed by atoms with E-state index in [4.69, 9.17) is 0 Å². The first-order chi connectivity index (χ1) is 29.6. The van der Waals surface area contributed by atoms with Gasteiger partial charge in [-0.05, 0) is 136 Å². The molecule has 0 radical (unpaired) electrons. The van der Waals surface area contributed by atoms with Crippen LogP contribution in [0.3, 0.4) is 0 Å². The molecule has 0 spiro atoms. The molecule has 0 amide bonds. The van der Waals surface area contributed by atoms with E-state index in [9.17, 15) is 0 Å². The van der Waals surface area contributed by atoms with Crippen molar-refractivity contribution >= 4 is 38.6 Å². The Bertz CT molecular complexity index is 3240. The minimum atomic E-state index is -0.109. The van der Waals surface area contributed by atoms with Crippen molar-refractivity contribution in [2.45, 2.75) is 19.3 Å². The molecule has 2 nitrogen and oxygen atoms in total. The normalized spacial score (nSPS) is 13.0. The fourth-order valence-corrected chi connectivity index (χ4v) is 10.4. The van der Waals surface area contributed by atoms with Gasteiger partial charge in [-0.15, -0.1) is 0 Å². The molecule has 10 aromatic rings. The summed E-state index contributed by atoms with van der Waals surface area (Å²) in [6, 6.07) is 71.7. The van der Waals surface area contributed by atoms with Crippen molar-refractivity contribution in [3.8, 4) is 66.8 Å². The maximum Gasteiger partial charge on any atom is 0.0492 e. The van der Waals surface area contributed by atoms with Gasteiger partial charge < -0.3 is 4.90 Å². The standard InChI is InChI=1S/C58H40N2/c1-58(2)51-26-12-11-21-44(51)45-28-27-42(36-52(45)58)60(40-31-33-59-34-32-40)41-20-13-19-39(35-41)43-29-30-50-55-46(43)24-14-25-49(55)56-53(37-15-5-3-6-16-37)47-22-9-10-23-48(47)54(57(50)56)38-17-7-4-8-18-38/h3-36H,1-2H3. The van der Waals surface area contributed by atoms with Crippen molar-refractivity contribution in [3.63, 3.8) is 0 Å². The summed E-state index contributed by atoms with van der Waals surface area (Å²) >= 11 is 0. The van der Waals surface area contributed by atoms with Crippen LogP contribution in [0, 0.1) is 0 Å². The quantitative estimate of drug-likeness (QED) is 0.168. The lowest BCUT2D eigenvalue weighted by molar-refractivity contribution is 0.660. The molecule has 0 N–H and O–H groups in total. The summed E-state index contributed by atoms with van der Waals surface area (Å²) in [7, 11) is 0. The zero-order chi connectivity index (χ0) is 40.0. The fraction of sp³-hybridized carbons (Fsp3) is 0.0517. The maximum atomic E-state index is 4.40. The predicted molar refractivity (Wildman–Crippen MR) is 252 cm³/mol. The Balaban J connectivity index is 1.06. The van der Waals surface area contributed by atoms with Gasteiger partial charge in [0, 0.05) is 34.9 Å². The highest BCUT2D eigenvalue weighted by Gasteiger charge is 2.36. The lowest BCUT2D eigenvalue weighted by atomic mass is 9.82. The molecule has 0 atom stereocenters. The lowest BCUT2D eigenvalue weighted by Crippen LogP contribution is -2.16. The lowest BCUT2D eigenvalue weighted by Gasteiger charge is -2.28. The van der Waals surface area contributed by atoms with E-state index in [0.717, 1.165) is 17.1 Å². The Labute approximate surface area is 350 Å². The van der Waals surface area contributed by atoms with E-state index >= 15 is 0 Å². The Morgan fingerprint density at radius 3 is 1.58 bits per heavy atom. The minimum Gasteiger partial charge on any atom is -0.310 e. The molecule has 12 rings (SSSR count). The highest BCUT2D eigenvalue weighted by Crippen LogP contribution is 2.59. The molecular formula is C58H40N2. The molecule has 0 bridgehead atoms. The van der Waals surface area contributed by atoms with Crippen molar-refractivity contribution in [2.24, 2.45) is 0 Å². The minimum absolute atomic E-state index is 0.109. The van der Waals surface area contributed by atoms with Crippen molar-refractivity contribution < 1.29 is 0 Å². The average Bonchev–Trinajstić information content (AvgIpc) is 3.75. The molecule has 0 unspecified atom stereocenters. The molecular weight excluding hydrogens is 725 g/mol. The Hall–Kier alpha value is -7.55. The van der Waals surface area contributed by atoms with E-state index in [2.05, 4.69) is 218 Å². The number of fused-ring (bicyclic) bond motifs is 7. The predicted octanol–water partition coefficient (Wildman–Crippen LogP) is 15.8. The third-order valence-electron chi connectivity index (χ3n) is 13.1. The molecule has 60 heavy (non-hydrogen) atoms. The van der Waals surface area contributed by atoms with Crippen molar-refractivity contribution in [2.75, 3.05) is 4.90 Å². The highest BCUT2D eigenvalue weighted by molar-refractivity contribution is 6.28. The van der Waals surface area contributed by atoms with Gasteiger partial charge in [-0.25, -0.2) is 0 Å². The first-order valence-corrected chi connectivity index (χ1v) is 20.9. The van der Waals surface area contributed by atoms with Gasteiger partial charge in [0.05, 0.1) is 0 Å². The smallest absolute Gasteiger partial charge is 0.0492 e. The van der Waals surface area contributed by atoms with E-state index in [0.29, 0.717) is 0 Å². The van der Waals surface area contributed by atoms with Crippen LogP contribution in [0.4, 0.5) is 17.1 Å². The van der Waals surface area contributed by atoms with Crippen LogP contribution < -0.4 is 4.90 Å². The van der Waals surface area contributed by atoms with Crippen LogP contribution >= 0.6 is 0 Å². The van der Waals surface area contributed by atoms with Gasteiger partial charge in [0.2, 0.25) is 0 Å². The number of benzene rings is 9. The monoisotopic (exact) mass is 764 g/mol. The molecule has 2 heteroatoms. The van der Waals surface area contributed by atoms with Gasteiger partial charge in [-0.3, -0.25) is 4.98 Å². The van der Waals surface area contributed by atoms with Crippen LogP contribution in [0.25, 0.3) is 88.3 Å². The topological polar surface area (TPSA) is 16.1 Å². The third kappa shape index (κ3) is 5.04. The molecule has 1 aromatic heterocycles. The van der Waals surface area contributed by atoms with Crippen LogP contribution in [0.5, 0.6) is 0 Å². The molecule has 2 aliphatic carbocycles. The summed E-state index contributed by atoms with van der Waals surface area (Å²) in [6.45, 7) is 4.70. The van der Waals surface area contributed by atoms with Crippen molar-refractivity contribution in [1.82, 2.24) is 4.98 Å². The van der Waals surface area contributed by atoms with Crippen LogP contribution in [0.2, 0.25) is 0 Å². The molecule has 0 fully saturated rings. The summed E-state index contributed by atoms with van der Waals surface area (Å²) < 4.78 is 0. The molecule has 9 aromatic carbocycles. The van der Waals surface area contributed by atoms with Gasteiger partial charge in [0.1, 0.15) is 0 Å². The molecule has 0 aliphatic heterocycles.